The molecule has 0 spiro atoms. The third kappa shape index (κ3) is 4.46. The van der Waals surface area contributed by atoms with Crippen LogP contribution >= 0.6 is 0 Å². The second-order valence-corrected chi connectivity index (χ2v) is 8.05. The molecule has 0 aromatic heterocycles. The van der Waals surface area contributed by atoms with Crippen molar-refractivity contribution in [1.29, 1.82) is 0 Å². The number of rotatable bonds is 3. The van der Waals surface area contributed by atoms with E-state index in [1.807, 2.05) is 0 Å². The minimum Gasteiger partial charge on any atom is -0.326 e. The molecule has 0 radical (unpaired) electrons. The third-order valence-electron chi connectivity index (χ3n) is 5.56. The van der Waals surface area contributed by atoms with Gasteiger partial charge in [0.05, 0.1) is 0 Å². The van der Waals surface area contributed by atoms with Gasteiger partial charge in [-0.2, -0.15) is 0 Å². The summed E-state index contributed by atoms with van der Waals surface area (Å²) in [4.78, 5) is 0. The topological polar surface area (TPSA) is 38.0 Å². The number of hydrogen-bond donors (Lipinski definition) is 2. The van der Waals surface area contributed by atoms with Gasteiger partial charge in [0.15, 0.2) is 0 Å². The van der Waals surface area contributed by atoms with Crippen molar-refractivity contribution in [3.63, 3.8) is 0 Å². The lowest BCUT2D eigenvalue weighted by molar-refractivity contribution is 0.146. The van der Waals surface area contributed by atoms with Crippen LogP contribution in [0.2, 0.25) is 0 Å². The van der Waals surface area contributed by atoms with Crippen LogP contribution in [0, 0.1) is 17.3 Å². The van der Waals surface area contributed by atoms with Crippen LogP contribution in [0.4, 0.5) is 0 Å². The molecule has 2 fully saturated rings. The van der Waals surface area contributed by atoms with E-state index < -0.39 is 0 Å². The van der Waals surface area contributed by atoms with Gasteiger partial charge in [0.1, 0.15) is 0 Å². The molecule has 2 aliphatic carbocycles. The van der Waals surface area contributed by atoms with Gasteiger partial charge in [-0.25, -0.2) is 0 Å². The van der Waals surface area contributed by atoms with Crippen LogP contribution in [0.1, 0.15) is 72.1 Å². The van der Waals surface area contributed by atoms with Crippen molar-refractivity contribution in [2.45, 2.75) is 84.2 Å². The Morgan fingerprint density at radius 3 is 2.16 bits per heavy atom. The molecule has 0 aliphatic heterocycles. The molecule has 2 aliphatic rings. The molecule has 3 N–H and O–H groups in total. The molecule has 0 saturated heterocycles. The van der Waals surface area contributed by atoms with Gasteiger partial charge in [-0.15, -0.1) is 0 Å². The zero-order valence-corrected chi connectivity index (χ0v) is 13.3. The molecule has 2 heteroatoms. The maximum Gasteiger partial charge on any atom is 0.0219 e. The van der Waals surface area contributed by atoms with Crippen LogP contribution < -0.4 is 11.1 Å². The van der Waals surface area contributed by atoms with Crippen molar-refractivity contribution >= 4 is 0 Å². The smallest absolute Gasteiger partial charge is 0.0219 e. The zero-order chi connectivity index (χ0) is 13.9. The fourth-order valence-electron chi connectivity index (χ4n) is 3.96. The molecule has 2 rings (SSSR count). The van der Waals surface area contributed by atoms with Gasteiger partial charge in [0, 0.05) is 12.1 Å². The summed E-state index contributed by atoms with van der Waals surface area (Å²) in [6.07, 6.45) is 10.9. The second-order valence-electron chi connectivity index (χ2n) is 8.05. The molecule has 0 aromatic rings. The second kappa shape index (κ2) is 6.58. The molecule has 0 heterocycles. The largest absolute Gasteiger partial charge is 0.326 e. The molecule has 0 aromatic carbocycles. The van der Waals surface area contributed by atoms with Crippen molar-refractivity contribution in [3.05, 3.63) is 0 Å². The first-order chi connectivity index (χ1) is 8.97. The summed E-state index contributed by atoms with van der Waals surface area (Å²) in [5, 5.41) is 3.77. The van der Waals surface area contributed by atoms with Gasteiger partial charge < -0.3 is 11.1 Å². The minimum absolute atomic E-state index is 0.402. The normalized spacial score (nSPS) is 37.3. The van der Waals surface area contributed by atoms with Gasteiger partial charge in [-0.1, -0.05) is 33.6 Å². The van der Waals surface area contributed by atoms with Gasteiger partial charge in [-0.05, 0) is 62.3 Å². The Morgan fingerprint density at radius 1 is 0.947 bits per heavy atom. The Balaban J connectivity index is 1.68. The van der Waals surface area contributed by atoms with E-state index in [1.165, 1.54) is 57.9 Å². The molecular formula is C17H34N2. The predicted molar refractivity (Wildman–Crippen MR) is 83.1 cm³/mol. The van der Waals surface area contributed by atoms with E-state index in [-0.39, 0.29) is 0 Å². The van der Waals surface area contributed by atoms with E-state index in [1.54, 1.807) is 0 Å². The summed E-state index contributed by atoms with van der Waals surface area (Å²) >= 11 is 0. The summed E-state index contributed by atoms with van der Waals surface area (Å²) in [5.74, 6) is 1.83. The highest BCUT2D eigenvalue weighted by Crippen LogP contribution is 2.39. The SMILES string of the molecule is CC(C)(C)C1CCC(CNC2CCCC[C@H]2N)CC1. The number of nitrogens with two attached hydrogens (primary N) is 1. The van der Waals surface area contributed by atoms with E-state index in [0.29, 0.717) is 17.5 Å². The lowest BCUT2D eigenvalue weighted by Crippen LogP contribution is -2.48. The van der Waals surface area contributed by atoms with Crippen molar-refractivity contribution < 1.29 is 0 Å². The minimum atomic E-state index is 0.402. The van der Waals surface area contributed by atoms with E-state index in [4.69, 9.17) is 5.73 Å². The summed E-state index contributed by atoms with van der Waals surface area (Å²) in [6, 6.07) is 0.994. The fraction of sp³-hybridized carbons (Fsp3) is 1.00. The quantitative estimate of drug-likeness (QED) is 0.817. The molecular weight excluding hydrogens is 232 g/mol. The first kappa shape index (κ1) is 15.3. The van der Waals surface area contributed by atoms with Gasteiger partial charge in [0.2, 0.25) is 0 Å². The third-order valence-corrected chi connectivity index (χ3v) is 5.56. The van der Waals surface area contributed by atoms with Crippen LogP contribution in [-0.2, 0) is 0 Å². The average Bonchev–Trinajstić information content (AvgIpc) is 2.37. The molecule has 0 amide bonds. The highest BCUT2D eigenvalue weighted by molar-refractivity contribution is 4.86. The Kier molecular flexibility index (Phi) is 5.30. The van der Waals surface area contributed by atoms with E-state index in [0.717, 1.165) is 11.8 Å². The van der Waals surface area contributed by atoms with Crippen LogP contribution in [-0.4, -0.2) is 18.6 Å². The maximum atomic E-state index is 6.21. The molecule has 2 saturated carbocycles. The van der Waals surface area contributed by atoms with Crippen LogP contribution in [0.25, 0.3) is 0 Å². The zero-order valence-electron chi connectivity index (χ0n) is 13.3. The van der Waals surface area contributed by atoms with Crippen LogP contribution in [0.15, 0.2) is 0 Å². The molecule has 2 atom stereocenters. The lowest BCUT2D eigenvalue weighted by Gasteiger charge is -2.38. The van der Waals surface area contributed by atoms with Crippen LogP contribution in [0.3, 0.4) is 0 Å². The van der Waals surface area contributed by atoms with Crippen LogP contribution in [0.5, 0.6) is 0 Å². The Hall–Kier alpha value is -0.0800. The maximum absolute atomic E-state index is 6.21. The summed E-state index contributed by atoms with van der Waals surface area (Å²) in [7, 11) is 0. The Bertz CT molecular complexity index is 261. The van der Waals surface area contributed by atoms with Crippen molar-refractivity contribution in [2.24, 2.45) is 23.0 Å². The van der Waals surface area contributed by atoms with Crippen molar-refractivity contribution in [2.75, 3.05) is 6.54 Å². The molecule has 0 bridgehead atoms. The van der Waals surface area contributed by atoms with E-state index in [2.05, 4.69) is 26.1 Å². The van der Waals surface area contributed by atoms with E-state index in [9.17, 15) is 0 Å². The van der Waals surface area contributed by atoms with Gasteiger partial charge in [0.25, 0.3) is 0 Å². The monoisotopic (exact) mass is 266 g/mol. The Morgan fingerprint density at radius 2 is 1.58 bits per heavy atom. The van der Waals surface area contributed by atoms with Gasteiger partial charge in [-0.3, -0.25) is 0 Å². The van der Waals surface area contributed by atoms with Gasteiger partial charge >= 0.3 is 0 Å². The molecule has 112 valence electrons. The molecule has 19 heavy (non-hydrogen) atoms. The standard InChI is InChI=1S/C17H34N2/c1-17(2,3)14-10-8-13(9-11-14)12-19-16-7-5-4-6-15(16)18/h13-16,19H,4-12,18H2,1-3H3/t13?,14?,15-,16?/m1/s1. The molecule has 1 unspecified atom stereocenters. The number of hydrogen-bond acceptors (Lipinski definition) is 2. The first-order valence-corrected chi connectivity index (χ1v) is 8.46. The summed E-state index contributed by atoms with van der Waals surface area (Å²) in [5.41, 5.74) is 6.72. The summed E-state index contributed by atoms with van der Waals surface area (Å²) < 4.78 is 0. The molecule has 2 nitrogen and oxygen atoms in total. The van der Waals surface area contributed by atoms with Crippen molar-refractivity contribution in [1.82, 2.24) is 5.32 Å². The van der Waals surface area contributed by atoms with E-state index >= 15 is 0 Å². The Labute approximate surface area is 119 Å². The highest BCUT2D eigenvalue weighted by atomic mass is 15.0. The number of nitrogens with one attached hydrogen (secondary N) is 1. The lowest BCUT2D eigenvalue weighted by atomic mass is 9.70. The summed E-state index contributed by atoms with van der Waals surface area (Å²) in [6.45, 7) is 8.40. The fourth-order valence-corrected chi connectivity index (χ4v) is 3.96. The first-order valence-electron chi connectivity index (χ1n) is 8.46. The van der Waals surface area contributed by atoms with Crippen molar-refractivity contribution in [3.8, 4) is 0 Å². The average molecular weight is 266 g/mol. The highest BCUT2D eigenvalue weighted by Gasteiger charge is 2.30. The predicted octanol–water partition coefficient (Wildman–Crippen LogP) is 3.70.